The first-order chi connectivity index (χ1) is 13.5. The van der Waals surface area contributed by atoms with Crippen LogP contribution in [0.4, 0.5) is 8.78 Å². The normalized spacial score (nSPS) is 16.2. The summed E-state index contributed by atoms with van der Waals surface area (Å²) in [4.78, 5) is 2.40. The number of nitrogens with zero attached hydrogens (tertiary/aromatic N) is 2. The molecule has 0 radical (unpaired) electrons. The molecule has 2 aromatic rings. The van der Waals surface area contributed by atoms with Gasteiger partial charge in [-0.1, -0.05) is 36.4 Å². The fraction of sp³-hybridized carbons (Fsp3) is 0.458. The summed E-state index contributed by atoms with van der Waals surface area (Å²) in [7, 11) is 0. The topological polar surface area (TPSA) is 27.0 Å². The molecule has 3 rings (SSSR count). The summed E-state index contributed by atoms with van der Waals surface area (Å²) in [6.45, 7) is 6.09. The van der Waals surface area contributed by atoms with Crippen LogP contribution in [0.1, 0.15) is 50.7 Å². The van der Waals surface area contributed by atoms with Gasteiger partial charge in [0.05, 0.1) is 11.5 Å². The Hall–Kier alpha value is -2.25. The highest BCUT2D eigenvalue weighted by molar-refractivity contribution is 5.36. The summed E-state index contributed by atoms with van der Waals surface area (Å²) in [5, 5.41) is 10.0. The van der Waals surface area contributed by atoms with Gasteiger partial charge in [-0.25, -0.2) is 8.78 Å². The Morgan fingerprint density at radius 3 is 2.39 bits per heavy atom. The number of benzene rings is 2. The SMILES string of the molecule is CC(C)N(CCCC(C#N)(c1ccc(F)c(F)c1)C1CC1)Cc1ccccc1. The summed E-state index contributed by atoms with van der Waals surface area (Å²) in [5.41, 5.74) is 1.17. The summed E-state index contributed by atoms with van der Waals surface area (Å²) >= 11 is 0. The first kappa shape index (κ1) is 20.5. The first-order valence-electron chi connectivity index (χ1n) is 10.1. The highest BCUT2D eigenvalue weighted by atomic mass is 19.2. The molecule has 148 valence electrons. The van der Waals surface area contributed by atoms with E-state index in [-0.39, 0.29) is 5.92 Å². The van der Waals surface area contributed by atoms with Crippen LogP contribution in [0, 0.1) is 28.9 Å². The lowest BCUT2D eigenvalue weighted by atomic mass is 9.73. The van der Waals surface area contributed by atoms with E-state index in [2.05, 4.69) is 36.9 Å². The summed E-state index contributed by atoms with van der Waals surface area (Å²) in [6, 6.07) is 17.2. The van der Waals surface area contributed by atoms with Crippen molar-refractivity contribution in [1.29, 1.82) is 5.26 Å². The van der Waals surface area contributed by atoms with E-state index in [1.54, 1.807) is 6.07 Å². The van der Waals surface area contributed by atoms with Gasteiger partial charge < -0.3 is 0 Å². The van der Waals surface area contributed by atoms with Crippen LogP contribution in [-0.4, -0.2) is 17.5 Å². The predicted molar refractivity (Wildman–Crippen MR) is 108 cm³/mol. The van der Waals surface area contributed by atoms with Gasteiger partial charge in [-0.15, -0.1) is 0 Å². The second kappa shape index (κ2) is 8.84. The minimum absolute atomic E-state index is 0.240. The molecular formula is C24H28F2N2. The van der Waals surface area contributed by atoms with Gasteiger partial charge in [0.2, 0.25) is 0 Å². The van der Waals surface area contributed by atoms with Gasteiger partial charge >= 0.3 is 0 Å². The average molecular weight is 382 g/mol. The Labute approximate surface area is 166 Å². The van der Waals surface area contributed by atoms with E-state index in [9.17, 15) is 14.0 Å². The Morgan fingerprint density at radius 1 is 1.11 bits per heavy atom. The molecule has 1 saturated carbocycles. The summed E-state index contributed by atoms with van der Waals surface area (Å²) in [5.74, 6) is -1.49. The molecule has 2 aromatic carbocycles. The smallest absolute Gasteiger partial charge is 0.159 e. The molecule has 1 atom stereocenters. The maximum Gasteiger partial charge on any atom is 0.159 e. The standard InChI is InChI=1S/C24H28F2N2/c1-18(2)28(16-19-7-4-3-5-8-19)14-6-13-24(17-27,20-9-10-20)21-11-12-22(25)23(26)15-21/h3-5,7-8,11-12,15,18,20H,6,9-10,13-14,16H2,1-2H3. The Bertz CT molecular complexity index is 824. The van der Waals surface area contributed by atoms with E-state index in [0.717, 1.165) is 38.4 Å². The lowest BCUT2D eigenvalue weighted by Gasteiger charge is -2.31. The van der Waals surface area contributed by atoms with Crippen LogP contribution < -0.4 is 0 Å². The van der Waals surface area contributed by atoms with Crippen molar-refractivity contribution in [1.82, 2.24) is 4.90 Å². The average Bonchev–Trinajstić information content (AvgIpc) is 3.53. The van der Waals surface area contributed by atoms with Crippen LogP contribution in [-0.2, 0) is 12.0 Å². The summed E-state index contributed by atoms with van der Waals surface area (Å²) in [6.07, 6.45) is 3.46. The van der Waals surface area contributed by atoms with Crippen LogP contribution >= 0.6 is 0 Å². The van der Waals surface area contributed by atoms with Gasteiger partial charge in [0, 0.05) is 12.6 Å². The maximum atomic E-state index is 13.8. The van der Waals surface area contributed by atoms with E-state index < -0.39 is 17.0 Å². The van der Waals surface area contributed by atoms with Crippen LogP contribution in [0.5, 0.6) is 0 Å². The molecule has 0 amide bonds. The second-order valence-corrected chi connectivity index (χ2v) is 8.14. The van der Waals surface area contributed by atoms with E-state index >= 15 is 0 Å². The molecule has 0 N–H and O–H groups in total. The maximum absolute atomic E-state index is 13.8. The van der Waals surface area contributed by atoms with Crippen LogP contribution in [0.3, 0.4) is 0 Å². The Kier molecular flexibility index (Phi) is 6.46. The van der Waals surface area contributed by atoms with Crippen molar-refractivity contribution >= 4 is 0 Å². The van der Waals surface area contributed by atoms with Crippen LogP contribution in [0.15, 0.2) is 48.5 Å². The highest BCUT2D eigenvalue weighted by Gasteiger charge is 2.46. The Morgan fingerprint density at radius 2 is 1.82 bits per heavy atom. The van der Waals surface area contributed by atoms with Crippen LogP contribution in [0.2, 0.25) is 0 Å². The molecule has 4 heteroatoms. The molecule has 1 aliphatic carbocycles. The minimum Gasteiger partial charge on any atom is -0.297 e. The minimum atomic E-state index is -0.870. The van der Waals surface area contributed by atoms with Crippen molar-refractivity contribution in [2.45, 2.75) is 57.5 Å². The number of hydrogen-bond donors (Lipinski definition) is 0. The zero-order valence-corrected chi connectivity index (χ0v) is 16.7. The van der Waals surface area contributed by atoms with Crippen molar-refractivity contribution in [2.24, 2.45) is 5.92 Å². The molecule has 1 fully saturated rings. The van der Waals surface area contributed by atoms with Gasteiger partial charge in [-0.05, 0) is 75.3 Å². The monoisotopic (exact) mass is 382 g/mol. The number of rotatable bonds is 9. The van der Waals surface area contributed by atoms with Crippen LogP contribution in [0.25, 0.3) is 0 Å². The molecule has 0 aliphatic heterocycles. The molecule has 0 saturated heterocycles. The molecule has 0 heterocycles. The third-order valence-corrected chi connectivity index (χ3v) is 5.88. The lowest BCUT2D eigenvalue weighted by molar-refractivity contribution is 0.202. The van der Waals surface area contributed by atoms with Crippen molar-refractivity contribution in [3.8, 4) is 6.07 Å². The number of hydrogen-bond acceptors (Lipinski definition) is 2. The zero-order valence-electron chi connectivity index (χ0n) is 16.7. The Balaban J connectivity index is 1.71. The highest BCUT2D eigenvalue weighted by Crippen LogP contribution is 2.50. The van der Waals surface area contributed by atoms with Crippen molar-refractivity contribution in [2.75, 3.05) is 6.54 Å². The fourth-order valence-corrected chi connectivity index (χ4v) is 4.04. The van der Waals surface area contributed by atoms with Gasteiger partial charge in [-0.2, -0.15) is 5.26 Å². The van der Waals surface area contributed by atoms with Crippen molar-refractivity contribution < 1.29 is 8.78 Å². The molecular weight excluding hydrogens is 354 g/mol. The van der Waals surface area contributed by atoms with Gasteiger partial charge in [0.1, 0.15) is 0 Å². The zero-order chi connectivity index (χ0) is 20.1. The van der Waals surface area contributed by atoms with E-state index in [4.69, 9.17) is 0 Å². The molecule has 1 aliphatic rings. The van der Waals surface area contributed by atoms with E-state index in [1.165, 1.54) is 11.6 Å². The van der Waals surface area contributed by atoms with Gasteiger partial charge in [0.25, 0.3) is 0 Å². The quantitative estimate of drug-likeness (QED) is 0.546. The van der Waals surface area contributed by atoms with Gasteiger partial charge in [-0.3, -0.25) is 4.90 Å². The van der Waals surface area contributed by atoms with E-state index in [0.29, 0.717) is 18.0 Å². The molecule has 2 nitrogen and oxygen atoms in total. The third-order valence-electron chi connectivity index (χ3n) is 5.88. The number of nitriles is 1. The molecule has 1 unspecified atom stereocenters. The molecule has 0 bridgehead atoms. The molecule has 28 heavy (non-hydrogen) atoms. The number of halogens is 2. The second-order valence-electron chi connectivity index (χ2n) is 8.14. The van der Waals surface area contributed by atoms with Crippen molar-refractivity contribution in [3.05, 3.63) is 71.3 Å². The first-order valence-corrected chi connectivity index (χ1v) is 10.1. The predicted octanol–water partition coefficient (Wildman–Crippen LogP) is 5.83. The van der Waals surface area contributed by atoms with Gasteiger partial charge in [0.15, 0.2) is 11.6 Å². The molecule has 0 spiro atoms. The largest absolute Gasteiger partial charge is 0.297 e. The van der Waals surface area contributed by atoms with E-state index in [1.807, 2.05) is 18.2 Å². The third kappa shape index (κ3) is 4.59. The summed E-state index contributed by atoms with van der Waals surface area (Å²) < 4.78 is 27.2. The fourth-order valence-electron chi connectivity index (χ4n) is 4.04. The lowest BCUT2D eigenvalue weighted by Crippen LogP contribution is -2.34. The molecule has 0 aromatic heterocycles. The van der Waals surface area contributed by atoms with Crippen molar-refractivity contribution in [3.63, 3.8) is 0 Å².